The number of aromatic nitrogens is 2. The molecule has 51 heavy (non-hydrogen) atoms. The van der Waals surface area contributed by atoms with Crippen LogP contribution >= 0.6 is 0 Å². The molecule has 274 valence electrons. The minimum atomic E-state index is -1.30. The van der Waals surface area contributed by atoms with E-state index in [1.807, 2.05) is 42.8 Å². The fourth-order valence-electron chi connectivity index (χ4n) is 6.76. The fraction of sp³-hybridized carbons (Fsp3) is 0.500. The number of rotatable bonds is 5. The van der Waals surface area contributed by atoms with E-state index in [4.69, 9.17) is 4.74 Å². The maximum absolute atomic E-state index is 13.8. The summed E-state index contributed by atoms with van der Waals surface area (Å²) in [5.74, 6) is -1.77. The van der Waals surface area contributed by atoms with Crippen molar-refractivity contribution in [2.24, 2.45) is 11.3 Å². The van der Waals surface area contributed by atoms with Gasteiger partial charge in [0.15, 0.2) is 6.61 Å². The summed E-state index contributed by atoms with van der Waals surface area (Å²) in [4.78, 5) is 61.2. The highest BCUT2D eigenvalue weighted by atomic mass is 16.5. The number of hydrogen-bond donors (Lipinski definition) is 4. The van der Waals surface area contributed by atoms with E-state index in [9.17, 15) is 24.3 Å². The molecule has 4 amide bonds. The SMILES string of the molecule is CC(C)[C@H]1NC(=O)[C@H](C)N(C)C(=O)[C@H]([C@@H](C)O)NC(=O)COc2cccc(c2)CC2(CCN(Cc3ccc(-n4ccnc4)cc3)CC2)CNC1=O. The number of nitrogens with one attached hydrogen (secondary N) is 3. The minimum absolute atomic E-state index is 0.229. The van der Waals surface area contributed by atoms with Gasteiger partial charge in [0.2, 0.25) is 17.7 Å². The molecule has 0 radical (unpaired) electrons. The van der Waals surface area contributed by atoms with Gasteiger partial charge in [-0.2, -0.15) is 0 Å². The number of aliphatic hydroxyl groups is 1. The molecule has 2 aliphatic heterocycles. The van der Waals surface area contributed by atoms with Crippen LogP contribution in [-0.4, -0.2) is 106 Å². The Morgan fingerprint density at radius 3 is 2.35 bits per heavy atom. The van der Waals surface area contributed by atoms with E-state index in [0.29, 0.717) is 18.7 Å². The molecule has 1 saturated heterocycles. The number of nitrogens with zero attached hydrogens (tertiary/aromatic N) is 4. The lowest BCUT2D eigenvalue weighted by Crippen LogP contribution is -2.59. The van der Waals surface area contributed by atoms with Crippen LogP contribution in [0.1, 0.15) is 51.7 Å². The van der Waals surface area contributed by atoms with Crippen LogP contribution in [0.2, 0.25) is 0 Å². The first-order chi connectivity index (χ1) is 24.3. The van der Waals surface area contributed by atoms with Crippen molar-refractivity contribution in [2.45, 2.75) is 77.7 Å². The molecule has 0 aliphatic carbocycles. The Labute approximate surface area is 299 Å². The smallest absolute Gasteiger partial charge is 0.258 e. The monoisotopic (exact) mass is 701 g/mol. The molecule has 13 heteroatoms. The maximum atomic E-state index is 13.8. The number of carbonyl (C=O) groups is 4. The summed E-state index contributed by atoms with van der Waals surface area (Å²) in [5, 5.41) is 19.0. The number of amides is 4. The van der Waals surface area contributed by atoms with Gasteiger partial charge in [-0.1, -0.05) is 38.1 Å². The van der Waals surface area contributed by atoms with Crippen molar-refractivity contribution in [2.75, 3.05) is 33.3 Å². The number of aliphatic hydroxyl groups excluding tert-OH is 1. The third-order valence-corrected chi connectivity index (χ3v) is 10.2. The summed E-state index contributed by atoms with van der Waals surface area (Å²) in [7, 11) is 1.43. The number of carbonyl (C=O) groups excluding carboxylic acids is 4. The summed E-state index contributed by atoms with van der Waals surface area (Å²) in [6, 6.07) is 12.9. The third-order valence-electron chi connectivity index (χ3n) is 10.2. The topological polar surface area (TPSA) is 158 Å². The zero-order valence-electron chi connectivity index (χ0n) is 30.2. The van der Waals surface area contributed by atoms with Crippen molar-refractivity contribution in [3.8, 4) is 11.4 Å². The summed E-state index contributed by atoms with van der Waals surface area (Å²) < 4.78 is 7.81. The number of benzene rings is 2. The van der Waals surface area contributed by atoms with Gasteiger partial charge in [-0.15, -0.1) is 0 Å². The lowest BCUT2D eigenvalue weighted by atomic mass is 9.73. The van der Waals surface area contributed by atoms with E-state index in [0.717, 1.165) is 48.6 Å². The Morgan fingerprint density at radius 2 is 1.71 bits per heavy atom. The Balaban J connectivity index is 1.36. The predicted octanol–water partition coefficient (Wildman–Crippen LogP) is 2.06. The lowest BCUT2D eigenvalue weighted by molar-refractivity contribution is -0.144. The zero-order chi connectivity index (χ0) is 36.7. The summed E-state index contributed by atoms with van der Waals surface area (Å²) in [5.41, 5.74) is 3.00. The fourth-order valence-corrected chi connectivity index (χ4v) is 6.76. The molecule has 5 rings (SSSR count). The van der Waals surface area contributed by atoms with Crippen LogP contribution < -0.4 is 20.7 Å². The van der Waals surface area contributed by atoms with E-state index in [-0.39, 0.29) is 23.8 Å². The molecule has 3 heterocycles. The average Bonchev–Trinajstić information content (AvgIpc) is 3.66. The van der Waals surface area contributed by atoms with Gasteiger partial charge in [0.25, 0.3) is 5.91 Å². The van der Waals surface area contributed by atoms with Crippen LogP contribution in [0, 0.1) is 11.3 Å². The second-order valence-electron chi connectivity index (χ2n) is 14.4. The van der Waals surface area contributed by atoms with Gasteiger partial charge in [-0.25, -0.2) is 4.98 Å². The summed E-state index contributed by atoms with van der Waals surface area (Å²) >= 11 is 0. The molecule has 2 aliphatic rings. The Bertz CT molecular complexity index is 1650. The number of hydrogen-bond acceptors (Lipinski definition) is 8. The van der Waals surface area contributed by atoms with Crippen molar-refractivity contribution in [3.05, 3.63) is 78.4 Å². The van der Waals surface area contributed by atoms with E-state index in [1.54, 1.807) is 25.5 Å². The van der Waals surface area contributed by atoms with Gasteiger partial charge in [0, 0.05) is 38.2 Å². The molecule has 0 saturated carbocycles. The highest BCUT2D eigenvalue weighted by Gasteiger charge is 2.38. The number of likely N-dealkylation sites (tertiary alicyclic amines) is 1. The predicted molar refractivity (Wildman–Crippen MR) is 192 cm³/mol. The molecule has 3 aromatic rings. The molecule has 1 aromatic heterocycles. The van der Waals surface area contributed by atoms with Gasteiger partial charge in [0.1, 0.15) is 23.9 Å². The standard InChI is InChI=1S/C38H51N7O6/c1-25(2)33-36(49)40-23-38(13-16-44(17-14-38)21-28-9-11-30(12-10-28)45-18-15-39-24-45)20-29-7-6-8-31(19-29)51-22-32(47)41-34(27(4)46)37(50)43(5)26(3)35(48)42-33/h6-12,15,18-19,24-27,33-34,46H,13-14,16-17,20-23H2,1-5H3,(H,40,49)(H,41,47)(H,42,48)/t26-,27+,33+,34-/m0/s1. The molecule has 1 spiro atoms. The Kier molecular flexibility index (Phi) is 12.1. The van der Waals surface area contributed by atoms with E-state index >= 15 is 0 Å². The highest BCUT2D eigenvalue weighted by molar-refractivity contribution is 5.94. The number of likely N-dealkylation sites (N-methyl/N-ethyl adjacent to an activating group) is 1. The van der Waals surface area contributed by atoms with E-state index < -0.39 is 42.0 Å². The first-order valence-corrected chi connectivity index (χ1v) is 17.7. The highest BCUT2D eigenvalue weighted by Crippen LogP contribution is 2.36. The molecular formula is C38H51N7O6. The first-order valence-electron chi connectivity index (χ1n) is 17.7. The normalized spacial score (nSPS) is 23.4. The third kappa shape index (κ3) is 9.53. The van der Waals surface area contributed by atoms with Crippen LogP contribution in [0.25, 0.3) is 5.69 Å². The Morgan fingerprint density at radius 1 is 0.980 bits per heavy atom. The van der Waals surface area contributed by atoms with Crippen LogP contribution in [0.3, 0.4) is 0 Å². The lowest BCUT2D eigenvalue weighted by Gasteiger charge is -2.42. The largest absolute Gasteiger partial charge is 0.484 e. The summed E-state index contributed by atoms with van der Waals surface area (Å²) in [6.07, 6.45) is 6.55. The molecule has 1 fully saturated rings. The van der Waals surface area contributed by atoms with Gasteiger partial charge >= 0.3 is 0 Å². The average molecular weight is 702 g/mol. The van der Waals surface area contributed by atoms with Gasteiger partial charge in [-0.3, -0.25) is 24.1 Å². The van der Waals surface area contributed by atoms with Crippen LogP contribution in [0.15, 0.2) is 67.3 Å². The zero-order valence-corrected chi connectivity index (χ0v) is 30.2. The van der Waals surface area contributed by atoms with Crippen LogP contribution in [0.4, 0.5) is 0 Å². The molecule has 4 N–H and O–H groups in total. The number of imidazole rings is 1. The van der Waals surface area contributed by atoms with Crippen molar-refractivity contribution in [1.29, 1.82) is 0 Å². The van der Waals surface area contributed by atoms with Crippen molar-refractivity contribution in [3.63, 3.8) is 0 Å². The van der Waals surface area contributed by atoms with Gasteiger partial charge < -0.3 is 35.3 Å². The quantitative estimate of drug-likeness (QED) is 0.315. The second kappa shape index (κ2) is 16.5. The Hall–Kier alpha value is -4.75. The molecule has 2 aromatic carbocycles. The van der Waals surface area contributed by atoms with Crippen molar-refractivity contribution in [1.82, 2.24) is 35.3 Å². The maximum Gasteiger partial charge on any atom is 0.258 e. The molecule has 2 bridgehead atoms. The minimum Gasteiger partial charge on any atom is -0.484 e. The molecule has 13 nitrogen and oxygen atoms in total. The first kappa shape index (κ1) is 37.5. The molecule has 0 unspecified atom stereocenters. The number of piperidine rings is 1. The van der Waals surface area contributed by atoms with Crippen LogP contribution in [-0.2, 0) is 32.1 Å². The molecule has 4 atom stereocenters. The second-order valence-corrected chi connectivity index (χ2v) is 14.4. The van der Waals surface area contributed by atoms with Gasteiger partial charge in [0.05, 0.1) is 12.4 Å². The van der Waals surface area contributed by atoms with E-state index in [1.165, 1.54) is 19.5 Å². The van der Waals surface area contributed by atoms with Crippen molar-refractivity contribution < 1.29 is 29.0 Å². The van der Waals surface area contributed by atoms with E-state index in [2.05, 4.69) is 50.1 Å². The van der Waals surface area contributed by atoms with Crippen molar-refractivity contribution >= 4 is 23.6 Å². The molecular weight excluding hydrogens is 650 g/mol. The summed E-state index contributed by atoms with van der Waals surface area (Å²) in [6.45, 7) is 9.18. The number of fused-ring (bicyclic) bond motifs is 2. The van der Waals surface area contributed by atoms with Crippen LogP contribution in [0.5, 0.6) is 5.75 Å². The van der Waals surface area contributed by atoms with Gasteiger partial charge in [-0.05, 0) is 92.9 Å². The number of ether oxygens (including phenoxy) is 1.